The molecule has 20 heavy (non-hydrogen) atoms. The molecule has 0 unspecified atom stereocenters. The molecule has 1 aromatic carbocycles. The van der Waals surface area contributed by atoms with E-state index in [4.69, 9.17) is 4.42 Å². The van der Waals surface area contributed by atoms with Gasteiger partial charge in [0, 0.05) is 5.75 Å². The van der Waals surface area contributed by atoms with Gasteiger partial charge in [0.2, 0.25) is 0 Å². The van der Waals surface area contributed by atoms with E-state index in [9.17, 15) is 13.6 Å². The number of halogens is 2. The number of carbonyl (C=O) groups is 1. The first-order valence-corrected chi connectivity index (χ1v) is 6.72. The minimum Gasteiger partial charge on any atom is -0.465 e. The number of allylic oxidation sites excluding steroid dienone is 1. The summed E-state index contributed by atoms with van der Waals surface area (Å²) in [4.78, 5) is 15.8. The number of para-hydroxylation sites is 1. The van der Waals surface area contributed by atoms with Crippen LogP contribution in [0.3, 0.4) is 0 Å². The lowest BCUT2D eigenvalue weighted by atomic mass is 10.2. The summed E-state index contributed by atoms with van der Waals surface area (Å²) in [6.07, 6.45) is -0.637. The number of oxazole rings is 1. The molecule has 0 radical (unpaired) electrons. The maximum atomic E-state index is 11.9. The highest BCUT2D eigenvalue weighted by atomic mass is 32.2. The minimum atomic E-state index is -1.70. The highest BCUT2D eigenvalue weighted by molar-refractivity contribution is 7.99. The van der Waals surface area contributed by atoms with E-state index in [1.54, 1.807) is 18.2 Å². The van der Waals surface area contributed by atoms with Gasteiger partial charge in [0.25, 0.3) is 11.3 Å². The Morgan fingerprint density at radius 1 is 1.50 bits per heavy atom. The third kappa shape index (κ3) is 3.36. The second-order valence-electron chi connectivity index (χ2n) is 3.75. The normalized spacial score (nSPS) is 10.6. The van der Waals surface area contributed by atoms with Crippen molar-refractivity contribution in [3.05, 3.63) is 35.9 Å². The zero-order chi connectivity index (χ0) is 14.5. The van der Waals surface area contributed by atoms with Crippen molar-refractivity contribution >= 4 is 28.8 Å². The third-order valence-electron chi connectivity index (χ3n) is 2.45. The predicted octanol–water partition coefficient (Wildman–Crippen LogP) is 3.88. The van der Waals surface area contributed by atoms with Crippen molar-refractivity contribution in [2.24, 2.45) is 0 Å². The molecule has 0 N–H and O–H groups in total. The first kappa shape index (κ1) is 14.5. The first-order chi connectivity index (χ1) is 9.61. The molecule has 0 aliphatic heterocycles. The van der Waals surface area contributed by atoms with Crippen LogP contribution in [0.2, 0.25) is 0 Å². The Morgan fingerprint density at radius 2 is 2.30 bits per heavy atom. The van der Waals surface area contributed by atoms with E-state index in [0.717, 1.165) is 6.08 Å². The van der Waals surface area contributed by atoms with Gasteiger partial charge in [-0.2, -0.15) is 8.78 Å². The van der Waals surface area contributed by atoms with Gasteiger partial charge < -0.3 is 9.15 Å². The van der Waals surface area contributed by atoms with Crippen LogP contribution in [-0.4, -0.2) is 23.8 Å². The summed E-state index contributed by atoms with van der Waals surface area (Å²) >= 11 is 1.21. The van der Waals surface area contributed by atoms with Gasteiger partial charge in [-0.3, -0.25) is 0 Å². The van der Waals surface area contributed by atoms with E-state index in [0.29, 0.717) is 27.6 Å². The molecule has 2 aromatic rings. The number of carbonyl (C=O) groups excluding carboxylic acids is 1. The van der Waals surface area contributed by atoms with Crippen molar-refractivity contribution in [1.82, 2.24) is 4.98 Å². The van der Waals surface area contributed by atoms with Crippen LogP contribution in [0.4, 0.5) is 8.78 Å². The lowest BCUT2D eigenvalue weighted by molar-refractivity contribution is 0.0602. The van der Waals surface area contributed by atoms with E-state index in [1.807, 2.05) is 0 Å². The van der Waals surface area contributed by atoms with Crippen LogP contribution in [0, 0.1) is 0 Å². The predicted molar refractivity (Wildman–Crippen MR) is 71.0 cm³/mol. The summed E-state index contributed by atoms with van der Waals surface area (Å²) in [7, 11) is 1.29. The lowest BCUT2D eigenvalue weighted by Crippen LogP contribution is -2.01. The van der Waals surface area contributed by atoms with Crippen molar-refractivity contribution in [2.75, 3.05) is 12.9 Å². The Morgan fingerprint density at radius 3 is 3.00 bits per heavy atom. The van der Waals surface area contributed by atoms with E-state index >= 15 is 0 Å². The zero-order valence-corrected chi connectivity index (χ0v) is 11.4. The van der Waals surface area contributed by atoms with Crippen molar-refractivity contribution in [1.29, 1.82) is 0 Å². The highest BCUT2D eigenvalue weighted by Crippen LogP contribution is 2.26. The number of hydrogen-bond donors (Lipinski definition) is 0. The molecule has 0 saturated carbocycles. The topological polar surface area (TPSA) is 52.3 Å². The molecule has 7 heteroatoms. The summed E-state index contributed by atoms with van der Waals surface area (Å²) < 4.78 is 33.8. The number of methoxy groups -OCH3 is 1. The Kier molecular flexibility index (Phi) is 4.73. The summed E-state index contributed by atoms with van der Waals surface area (Å²) in [5, 5.41) is 0.337. The van der Waals surface area contributed by atoms with Gasteiger partial charge in [-0.1, -0.05) is 17.8 Å². The zero-order valence-electron chi connectivity index (χ0n) is 10.6. The van der Waals surface area contributed by atoms with E-state index in [-0.39, 0.29) is 6.42 Å². The number of ether oxygens (including phenoxy) is 1. The van der Waals surface area contributed by atoms with Gasteiger partial charge in [0.05, 0.1) is 12.7 Å². The van der Waals surface area contributed by atoms with Crippen LogP contribution >= 0.6 is 11.8 Å². The fourth-order valence-electron chi connectivity index (χ4n) is 1.58. The average molecular weight is 299 g/mol. The van der Waals surface area contributed by atoms with Crippen LogP contribution in [0.1, 0.15) is 16.8 Å². The van der Waals surface area contributed by atoms with Crippen LogP contribution in [0.25, 0.3) is 11.1 Å². The molecule has 0 atom stereocenters. The summed E-state index contributed by atoms with van der Waals surface area (Å²) in [5.74, 6) is -0.0829. The Labute approximate surface area is 117 Å². The van der Waals surface area contributed by atoms with Crippen LogP contribution in [-0.2, 0) is 4.74 Å². The molecule has 0 saturated heterocycles. The van der Waals surface area contributed by atoms with Crippen molar-refractivity contribution in [2.45, 2.75) is 11.6 Å². The molecule has 0 spiro atoms. The molecule has 0 bridgehead atoms. The van der Waals surface area contributed by atoms with Crippen LogP contribution in [0.5, 0.6) is 0 Å². The average Bonchev–Trinajstić information content (AvgIpc) is 2.85. The van der Waals surface area contributed by atoms with Crippen molar-refractivity contribution in [3.63, 3.8) is 0 Å². The number of rotatable bonds is 5. The molecular weight excluding hydrogens is 288 g/mol. The van der Waals surface area contributed by atoms with Gasteiger partial charge in [0.15, 0.2) is 5.58 Å². The number of nitrogens with zero attached hydrogens (tertiary/aromatic N) is 1. The third-order valence-corrected chi connectivity index (χ3v) is 3.31. The molecule has 0 fully saturated rings. The molecule has 4 nitrogen and oxygen atoms in total. The fraction of sp³-hybridized carbons (Fsp3) is 0.231. The fourth-order valence-corrected chi connectivity index (χ4v) is 2.29. The molecule has 1 heterocycles. The van der Waals surface area contributed by atoms with Crippen molar-refractivity contribution in [3.8, 4) is 0 Å². The van der Waals surface area contributed by atoms with Gasteiger partial charge >= 0.3 is 5.97 Å². The Balaban J connectivity index is 2.17. The first-order valence-electron chi connectivity index (χ1n) is 5.73. The van der Waals surface area contributed by atoms with E-state index in [1.165, 1.54) is 18.9 Å². The van der Waals surface area contributed by atoms with E-state index in [2.05, 4.69) is 9.72 Å². The number of benzene rings is 1. The SMILES string of the molecule is COC(=O)c1cccc2oc(SCCC=C(F)F)nc12. The van der Waals surface area contributed by atoms with Gasteiger partial charge in [0.1, 0.15) is 5.52 Å². The number of fused-ring (bicyclic) bond motifs is 1. The summed E-state index contributed by atoms with van der Waals surface area (Å²) in [6.45, 7) is 0. The second kappa shape index (κ2) is 6.51. The number of hydrogen-bond acceptors (Lipinski definition) is 5. The lowest BCUT2D eigenvalue weighted by Gasteiger charge is -1.97. The maximum Gasteiger partial charge on any atom is 0.340 e. The van der Waals surface area contributed by atoms with E-state index < -0.39 is 12.0 Å². The molecule has 106 valence electrons. The largest absolute Gasteiger partial charge is 0.465 e. The molecule has 0 amide bonds. The Hall–Kier alpha value is -1.89. The van der Waals surface area contributed by atoms with Gasteiger partial charge in [-0.15, -0.1) is 0 Å². The van der Waals surface area contributed by atoms with Crippen LogP contribution < -0.4 is 0 Å². The second-order valence-corrected chi connectivity index (χ2v) is 4.80. The summed E-state index contributed by atoms with van der Waals surface area (Å²) in [6, 6.07) is 4.93. The number of esters is 1. The standard InChI is InChI=1S/C13H11F2NO3S/c1-18-12(17)8-4-2-5-9-11(8)16-13(19-9)20-7-3-6-10(14)15/h2,4-6H,3,7H2,1H3. The minimum absolute atomic E-state index is 0.218. The molecule has 2 rings (SSSR count). The number of thioether (sulfide) groups is 1. The highest BCUT2D eigenvalue weighted by Gasteiger charge is 2.15. The van der Waals surface area contributed by atoms with Crippen molar-refractivity contribution < 1.29 is 22.7 Å². The molecule has 0 aliphatic rings. The van der Waals surface area contributed by atoms with Gasteiger partial charge in [-0.25, -0.2) is 9.78 Å². The maximum absolute atomic E-state index is 11.9. The van der Waals surface area contributed by atoms with Gasteiger partial charge in [-0.05, 0) is 24.6 Å². The Bertz CT molecular complexity index is 650. The quantitative estimate of drug-likeness (QED) is 0.476. The molecular formula is C13H11F2NO3S. The smallest absolute Gasteiger partial charge is 0.340 e. The monoisotopic (exact) mass is 299 g/mol. The van der Waals surface area contributed by atoms with Crippen LogP contribution in [0.15, 0.2) is 40.0 Å². The molecule has 1 aromatic heterocycles. The summed E-state index contributed by atoms with van der Waals surface area (Å²) in [5.41, 5.74) is 1.19. The molecule has 0 aliphatic carbocycles. The number of aromatic nitrogens is 1.